The van der Waals surface area contributed by atoms with E-state index >= 15 is 0 Å². The summed E-state index contributed by atoms with van der Waals surface area (Å²) >= 11 is 0. The molecule has 0 heterocycles. The molecule has 0 bridgehead atoms. The number of ketones is 1. The number of Topliss-reactive ketones (excluding diaryl/α,β-unsaturated/α-hetero) is 1. The number of aryl methyl sites for hydroxylation is 1. The summed E-state index contributed by atoms with van der Waals surface area (Å²) in [5.74, 6) is 1.52. The van der Waals surface area contributed by atoms with Gasteiger partial charge in [-0.05, 0) is 43.1 Å². The molecule has 2 unspecified atom stereocenters. The van der Waals surface area contributed by atoms with Crippen LogP contribution < -0.4 is 0 Å². The number of ether oxygens (including phenoxy) is 1. The molecule has 1 fully saturated rings. The first-order valence-electron chi connectivity index (χ1n) is 8.32. The van der Waals surface area contributed by atoms with Crippen molar-refractivity contribution in [2.45, 2.75) is 59.0 Å². The van der Waals surface area contributed by atoms with Crippen molar-refractivity contribution in [3.63, 3.8) is 0 Å². The molecule has 116 valence electrons. The third-order valence-corrected chi connectivity index (χ3v) is 4.40. The van der Waals surface area contributed by atoms with Crippen molar-refractivity contribution < 1.29 is 9.53 Å². The monoisotopic (exact) mass is 288 g/mol. The zero-order valence-corrected chi connectivity index (χ0v) is 13.6. The van der Waals surface area contributed by atoms with Gasteiger partial charge in [-0.2, -0.15) is 0 Å². The fraction of sp³-hybridized carbons (Fsp3) is 0.632. The second-order valence-corrected chi connectivity index (χ2v) is 6.72. The predicted molar refractivity (Wildman–Crippen MR) is 86.7 cm³/mol. The van der Waals surface area contributed by atoms with Gasteiger partial charge in [-0.3, -0.25) is 4.79 Å². The second kappa shape index (κ2) is 7.74. The topological polar surface area (TPSA) is 26.3 Å². The average Bonchev–Trinajstić information content (AvgIpc) is 2.45. The smallest absolute Gasteiger partial charge is 0.188 e. The summed E-state index contributed by atoms with van der Waals surface area (Å²) in [6.45, 7) is 6.94. The fourth-order valence-corrected chi connectivity index (χ4v) is 3.43. The van der Waals surface area contributed by atoms with Crippen LogP contribution in [0.25, 0.3) is 0 Å². The first kappa shape index (κ1) is 16.2. The van der Waals surface area contributed by atoms with Crippen molar-refractivity contribution in [1.82, 2.24) is 0 Å². The van der Waals surface area contributed by atoms with E-state index in [-0.39, 0.29) is 18.5 Å². The van der Waals surface area contributed by atoms with Gasteiger partial charge in [-0.25, -0.2) is 0 Å². The first-order chi connectivity index (χ1) is 10.1. The standard InChI is InChI=1S/C19H28O2/c1-4-5-16-6-8-17(9-7-16)19(20)13-21-18-11-14(2)10-15(3)12-18/h6-9,14-15,18H,4-5,10-13H2,1-3H3. The van der Waals surface area contributed by atoms with E-state index in [9.17, 15) is 4.79 Å². The molecule has 0 N–H and O–H groups in total. The van der Waals surface area contributed by atoms with Crippen LogP contribution in [-0.4, -0.2) is 18.5 Å². The number of carbonyl (C=O) groups excluding carboxylic acids is 1. The highest BCUT2D eigenvalue weighted by atomic mass is 16.5. The highest BCUT2D eigenvalue weighted by Crippen LogP contribution is 2.30. The van der Waals surface area contributed by atoms with Crippen LogP contribution in [-0.2, 0) is 11.2 Å². The molecule has 0 aromatic heterocycles. The summed E-state index contributed by atoms with van der Waals surface area (Å²) in [7, 11) is 0. The maximum atomic E-state index is 12.2. The van der Waals surface area contributed by atoms with Crippen LogP contribution in [0.3, 0.4) is 0 Å². The number of benzene rings is 1. The maximum absolute atomic E-state index is 12.2. The fourth-order valence-electron chi connectivity index (χ4n) is 3.43. The van der Waals surface area contributed by atoms with Gasteiger partial charge in [-0.1, -0.05) is 51.5 Å². The van der Waals surface area contributed by atoms with E-state index in [4.69, 9.17) is 4.74 Å². The minimum absolute atomic E-state index is 0.101. The van der Waals surface area contributed by atoms with E-state index in [0.29, 0.717) is 11.8 Å². The molecule has 2 atom stereocenters. The Balaban J connectivity index is 1.83. The molecule has 1 aliphatic rings. The average molecular weight is 288 g/mol. The summed E-state index contributed by atoms with van der Waals surface area (Å²) in [6.07, 6.45) is 5.93. The number of hydrogen-bond donors (Lipinski definition) is 0. The van der Waals surface area contributed by atoms with Crippen molar-refractivity contribution in [2.75, 3.05) is 6.61 Å². The number of hydrogen-bond acceptors (Lipinski definition) is 2. The molecule has 1 aromatic carbocycles. The Bertz CT molecular complexity index is 439. The Morgan fingerprint density at radius 3 is 2.29 bits per heavy atom. The van der Waals surface area contributed by atoms with Crippen molar-refractivity contribution >= 4 is 5.78 Å². The third kappa shape index (κ3) is 4.96. The van der Waals surface area contributed by atoms with Crippen LogP contribution in [0.4, 0.5) is 0 Å². The largest absolute Gasteiger partial charge is 0.370 e. The summed E-state index contributed by atoms with van der Waals surface area (Å²) in [4.78, 5) is 12.2. The minimum atomic E-state index is 0.101. The van der Waals surface area contributed by atoms with Gasteiger partial charge >= 0.3 is 0 Å². The van der Waals surface area contributed by atoms with Gasteiger partial charge in [0.25, 0.3) is 0 Å². The molecule has 21 heavy (non-hydrogen) atoms. The quantitative estimate of drug-likeness (QED) is 0.711. The van der Waals surface area contributed by atoms with Crippen LogP contribution in [0.15, 0.2) is 24.3 Å². The molecule has 0 saturated heterocycles. The molecule has 1 aliphatic carbocycles. The Kier molecular flexibility index (Phi) is 5.98. The Morgan fingerprint density at radius 1 is 1.10 bits per heavy atom. The van der Waals surface area contributed by atoms with Gasteiger partial charge in [0.05, 0.1) is 6.10 Å². The molecule has 2 nitrogen and oxygen atoms in total. The zero-order chi connectivity index (χ0) is 15.2. The third-order valence-electron chi connectivity index (χ3n) is 4.40. The van der Waals surface area contributed by atoms with Gasteiger partial charge < -0.3 is 4.74 Å². The van der Waals surface area contributed by atoms with Crippen LogP contribution in [0, 0.1) is 11.8 Å². The molecule has 0 aliphatic heterocycles. The normalized spacial score (nSPS) is 25.8. The van der Waals surface area contributed by atoms with Crippen LogP contribution in [0.5, 0.6) is 0 Å². The van der Waals surface area contributed by atoms with Crippen molar-refractivity contribution in [1.29, 1.82) is 0 Å². The van der Waals surface area contributed by atoms with Crippen LogP contribution in [0.1, 0.15) is 62.4 Å². The zero-order valence-electron chi connectivity index (χ0n) is 13.6. The molecular formula is C19H28O2. The summed E-state index contributed by atoms with van der Waals surface area (Å²) in [5.41, 5.74) is 2.07. The minimum Gasteiger partial charge on any atom is -0.370 e. The lowest BCUT2D eigenvalue weighted by molar-refractivity contribution is 0.00562. The van der Waals surface area contributed by atoms with Gasteiger partial charge in [-0.15, -0.1) is 0 Å². The summed E-state index contributed by atoms with van der Waals surface area (Å²) in [6, 6.07) is 7.98. The van der Waals surface area contributed by atoms with E-state index < -0.39 is 0 Å². The van der Waals surface area contributed by atoms with E-state index in [0.717, 1.165) is 31.2 Å². The highest BCUT2D eigenvalue weighted by molar-refractivity contribution is 5.97. The van der Waals surface area contributed by atoms with Crippen LogP contribution >= 0.6 is 0 Å². The van der Waals surface area contributed by atoms with Gasteiger partial charge in [0.15, 0.2) is 5.78 Å². The molecule has 0 radical (unpaired) electrons. The van der Waals surface area contributed by atoms with E-state index in [1.807, 2.05) is 12.1 Å². The number of carbonyl (C=O) groups is 1. The molecule has 1 saturated carbocycles. The van der Waals surface area contributed by atoms with Gasteiger partial charge in [0.1, 0.15) is 6.61 Å². The van der Waals surface area contributed by atoms with Gasteiger partial charge in [0.2, 0.25) is 0 Å². The molecular weight excluding hydrogens is 260 g/mol. The van der Waals surface area contributed by atoms with E-state index in [2.05, 4.69) is 32.9 Å². The Labute approximate surface area is 128 Å². The molecule has 1 aromatic rings. The van der Waals surface area contributed by atoms with E-state index in [1.165, 1.54) is 12.0 Å². The van der Waals surface area contributed by atoms with E-state index in [1.54, 1.807) is 0 Å². The summed E-state index contributed by atoms with van der Waals surface area (Å²) in [5, 5.41) is 0. The maximum Gasteiger partial charge on any atom is 0.188 e. The molecule has 0 spiro atoms. The van der Waals surface area contributed by atoms with Crippen molar-refractivity contribution in [3.05, 3.63) is 35.4 Å². The Hall–Kier alpha value is -1.15. The second-order valence-electron chi connectivity index (χ2n) is 6.72. The van der Waals surface area contributed by atoms with Gasteiger partial charge in [0, 0.05) is 5.56 Å². The molecule has 2 rings (SSSR count). The SMILES string of the molecule is CCCc1ccc(C(=O)COC2CC(C)CC(C)C2)cc1. The van der Waals surface area contributed by atoms with Crippen LogP contribution in [0.2, 0.25) is 0 Å². The predicted octanol–water partition coefficient (Wildman–Crippen LogP) is 4.66. The lowest BCUT2D eigenvalue weighted by Gasteiger charge is -2.31. The lowest BCUT2D eigenvalue weighted by Crippen LogP contribution is -2.28. The lowest BCUT2D eigenvalue weighted by atomic mass is 9.82. The highest BCUT2D eigenvalue weighted by Gasteiger charge is 2.25. The number of rotatable bonds is 6. The summed E-state index contributed by atoms with van der Waals surface area (Å²) < 4.78 is 5.87. The molecule has 0 amide bonds. The van der Waals surface area contributed by atoms with Crippen molar-refractivity contribution in [2.24, 2.45) is 11.8 Å². The Morgan fingerprint density at radius 2 is 1.71 bits per heavy atom. The molecule has 2 heteroatoms. The van der Waals surface area contributed by atoms with Crippen molar-refractivity contribution in [3.8, 4) is 0 Å². The first-order valence-corrected chi connectivity index (χ1v) is 8.32.